The molecule has 0 aliphatic carbocycles. The van der Waals surface area contributed by atoms with Gasteiger partial charge in [-0.2, -0.15) is 5.26 Å². The lowest BCUT2D eigenvalue weighted by Gasteiger charge is -2.06. The van der Waals surface area contributed by atoms with Crippen LogP contribution in [0.1, 0.15) is 12.0 Å². The van der Waals surface area contributed by atoms with Crippen molar-refractivity contribution < 1.29 is 4.74 Å². The molecule has 2 aromatic rings. The second kappa shape index (κ2) is 4.67. The van der Waals surface area contributed by atoms with Gasteiger partial charge in [-0.05, 0) is 34.9 Å². The van der Waals surface area contributed by atoms with Crippen molar-refractivity contribution in [1.29, 1.82) is 5.26 Å². The van der Waals surface area contributed by atoms with E-state index < -0.39 is 0 Å². The van der Waals surface area contributed by atoms with Gasteiger partial charge < -0.3 is 4.74 Å². The lowest BCUT2D eigenvalue weighted by molar-refractivity contribution is 0.415. The highest BCUT2D eigenvalue weighted by atomic mass is 16.5. The molecule has 2 nitrogen and oxygen atoms in total. The van der Waals surface area contributed by atoms with E-state index in [1.807, 2.05) is 24.3 Å². The van der Waals surface area contributed by atoms with Gasteiger partial charge in [0.25, 0.3) is 0 Å². The van der Waals surface area contributed by atoms with Crippen LogP contribution in [0.2, 0.25) is 0 Å². The molecule has 0 aliphatic rings. The number of benzene rings is 2. The third kappa shape index (κ3) is 1.99. The molecule has 0 atom stereocenters. The Balaban J connectivity index is 2.51. The molecule has 0 spiro atoms. The van der Waals surface area contributed by atoms with Gasteiger partial charge in [0.15, 0.2) is 0 Å². The minimum atomic E-state index is 0.552. The molecule has 0 radical (unpaired) electrons. The fraction of sp³-hybridized carbons (Fsp3) is 0.214. The molecule has 0 N–H and O–H groups in total. The van der Waals surface area contributed by atoms with Crippen LogP contribution in [0.5, 0.6) is 5.75 Å². The molecule has 80 valence electrons. The number of fused-ring (bicyclic) bond motifs is 1. The number of nitrogens with zero attached hydrogens (tertiary/aromatic N) is 1. The first-order valence-electron chi connectivity index (χ1n) is 5.28. The Morgan fingerprint density at radius 2 is 2.12 bits per heavy atom. The minimum Gasteiger partial charge on any atom is -0.497 e. The van der Waals surface area contributed by atoms with Crippen LogP contribution in [0.15, 0.2) is 36.4 Å². The van der Waals surface area contributed by atoms with Gasteiger partial charge in [-0.15, -0.1) is 0 Å². The summed E-state index contributed by atoms with van der Waals surface area (Å²) in [5, 5.41) is 11.0. The summed E-state index contributed by atoms with van der Waals surface area (Å²) in [6.45, 7) is 0. The molecule has 0 saturated heterocycles. The lowest BCUT2D eigenvalue weighted by Crippen LogP contribution is -1.88. The SMILES string of the molecule is COc1ccc2cccc(CCC#N)c2c1. The van der Waals surface area contributed by atoms with E-state index in [1.54, 1.807) is 7.11 Å². The summed E-state index contributed by atoms with van der Waals surface area (Å²) in [5.41, 5.74) is 1.21. The molecule has 2 rings (SSSR count). The smallest absolute Gasteiger partial charge is 0.119 e. The zero-order chi connectivity index (χ0) is 11.4. The number of nitriles is 1. The normalized spacial score (nSPS) is 10.0. The van der Waals surface area contributed by atoms with Crippen LogP contribution in [0.4, 0.5) is 0 Å². The molecule has 16 heavy (non-hydrogen) atoms. The molecule has 0 heterocycles. The van der Waals surface area contributed by atoms with E-state index in [0.717, 1.165) is 12.2 Å². The minimum absolute atomic E-state index is 0.552. The van der Waals surface area contributed by atoms with Crippen molar-refractivity contribution in [3.8, 4) is 11.8 Å². The van der Waals surface area contributed by atoms with Crippen molar-refractivity contribution >= 4 is 10.8 Å². The van der Waals surface area contributed by atoms with Crippen LogP contribution in [0, 0.1) is 11.3 Å². The van der Waals surface area contributed by atoms with Gasteiger partial charge in [0.05, 0.1) is 13.2 Å². The number of hydrogen-bond acceptors (Lipinski definition) is 2. The van der Waals surface area contributed by atoms with Crippen LogP contribution in [-0.4, -0.2) is 7.11 Å². The number of methoxy groups -OCH3 is 1. The molecule has 2 heteroatoms. The summed E-state index contributed by atoms with van der Waals surface area (Å²) >= 11 is 0. The van der Waals surface area contributed by atoms with Crippen LogP contribution in [-0.2, 0) is 6.42 Å². The lowest BCUT2D eigenvalue weighted by atomic mass is 10.0. The highest BCUT2D eigenvalue weighted by Gasteiger charge is 2.02. The zero-order valence-corrected chi connectivity index (χ0v) is 9.23. The first-order chi connectivity index (χ1) is 7.85. The Labute approximate surface area is 95.1 Å². The highest BCUT2D eigenvalue weighted by Crippen LogP contribution is 2.24. The van der Waals surface area contributed by atoms with E-state index >= 15 is 0 Å². The second-order valence-electron chi connectivity index (χ2n) is 3.66. The third-order valence-electron chi connectivity index (χ3n) is 2.69. The Morgan fingerprint density at radius 1 is 1.25 bits per heavy atom. The molecule has 0 fully saturated rings. The van der Waals surface area contributed by atoms with Crippen molar-refractivity contribution in [2.24, 2.45) is 0 Å². The van der Waals surface area contributed by atoms with Gasteiger partial charge in [-0.25, -0.2) is 0 Å². The van der Waals surface area contributed by atoms with Crippen LogP contribution >= 0.6 is 0 Å². The van der Waals surface area contributed by atoms with Crippen molar-refractivity contribution in [2.75, 3.05) is 7.11 Å². The van der Waals surface area contributed by atoms with E-state index in [2.05, 4.69) is 18.2 Å². The molecule has 2 aromatic carbocycles. The van der Waals surface area contributed by atoms with Crippen molar-refractivity contribution in [2.45, 2.75) is 12.8 Å². The predicted octanol–water partition coefficient (Wildman–Crippen LogP) is 3.30. The zero-order valence-electron chi connectivity index (χ0n) is 9.23. The molecule has 0 bridgehead atoms. The van der Waals surface area contributed by atoms with Crippen molar-refractivity contribution in [3.63, 3.8) is 0 Å². The summed E-state index contributed by atoms with van der Waals surface area (Å²) in [6.07, 6.45) is 1.34. The maximum Gasteiger partial charge on any atom is 0.119 e. The van der Waals surface area contributed by atoms with E-state index in [9.17, 15) is 0 Å². The molecule has 0 aliphatic heterocycles. The van der Waals surface area contributed by atoms with E-state index in [0.29, 0.717) is 6.42 Å². The summed E-state index contributed by atoms with van der Waals surface area (Å²) in [4.78, 5) is 0. The van der Waals surface area contributed by atoms with Gasteiger partial charge in [0.1, 0.15) is 5.75 Å². The third-order valence-corrected chi connectivity index (χ3v) is 2.69. The Kier molecular flexibility index (Phi) is 3.07. The van der Waals surface area contributed by atoms with E-state index in [1.165, 1.54) is 16.3 Å². The molecule has 0 unspecified atom stereocenters. The van der Waals surface area contributed by atoms with Gasteiger partial charge in [-0.3, -0.25) is 0 Å². The Bertz CT molecular complexity index is 540. The maximum atomic E-state index is 8.63. The van der Waals surface area contributed by atoms with Gasteiger partial charge in [0, 0.05) is 6.42 Å². The largest absolute Gasteiger partial charge is 0.497 e. The molecule has 0 saturated carbocycles. The molecular formula is C14H13NO. The maximum absolute atomic E-state index is 8.63. The number of ether oxygens (including phenoxy) is 1. The Hall–Kier alpha value is -2.01. The van der Waals surface area contributed by atoms with Crippen LogP contribution in [0.3, 0.4) is 0 Å². The second-order valence-corrected chi connectivity index (χ2v) is 3.66. The first kappa shape index (κ1) is 10.5. The van der Waals surface area contributed by atoms with Gasteiger partial charge in [-0.1, -0.05) is 24.3 Å². The predicted molar refractivity (Wildman–Crippen MR) is 64.4 cm³/mol. The van der Waals surface area contributed by atoms with Crippen molar-refractivity contribution in [3.05, 3.63) is 42.0 Å². The van der Waals surface area contributed by atoms with Crippen LogP contribution in [0.25, 0.3) is 10.8 Å². The highest BCUT2D eigenvalue weighted by molar-refractivity contribution is 5.87. The summed E-state index contributed by atoms with van der Waals surface area (Å²) in [6, 6.07) is 14.4. The van der Waals surface area contributed by atoms with Crippen molar-refractivity contribution in [1.82, 2.24) is 0 Å². The number of hydrogen-bond donors (Lipinski definition) is 0. The summed E-state index contributed by atoms with van der Waals surface area (Å²) < 4.78 is 5.22. The number of aryl methyl sites for hydroxylation is 1. The fourth-order valence-electron chi connectivity index (χ4n) is 1.85. The van der Waals surface area contributed by atoms with Gasteiger partial charge >= 0.3 is 0 Å². The monoisotopic (exact) mass is 211 g/mol. The molecule has 0 aromatic heterocycles. The average molecular weight is 211 g/mol. The van der Waals surface area contributed by atoms with Crippen LogP contribution < -0.4 is 4.74 Å². The average Bonchev–Trinajstić information content (AvgIpc) is 2.35. The van der Waals surface area contributed by atoms with Gasteiger partial charge in [0.2, 0.25) is 0 Å². The summed E-state index contributed by atoms with van der Waals surface area (Å²) in [5.74, 6) is 0.858. The molecular weight excluding hydrogens is 198 g/mol. The number of rotatable bonds is 3. The van der Waals surface area contributed by atoms with E-state index in [4.69, 9.17) is 10.00 Å². The topological polar surface area (TPSA) is 33.0 Å². The standard InChI is InChI=1S/C14H13NO/c1-16-13-8-7-12-5-2-4-11(6-3-9-15)14(12)10-13/h2,4-5,7-8,10H,3,6H2,1H3. The quantitative estimate of drug-likeness (QED) is 0.780. The first-order valence-corrected chi connectivity index (χ1v) is 5.28. The molecule has 0 amide bonds. The Morgan fingerprint density at radius 3 is 2.88 bits per heavy atom. The summed E-state index contributed by atoms with van der Waals surface area (Å²) in [7, 11) is 1.67. The van der Waals surface area contributed by atoms with E-state index in [-0.39, 0.29) is 0 Å². The fourth-order valence-corrected chi connectivity index (χ4v) is 1.85.